The van der Waals surface area contributed by atoms with E-state index in [-0.39, 0.29) is 5.91 Å². The molecule has 1 amide bonds. The highest BCUT2D eigenvalue weighted by atomic mass is 32.1. The van der Waals surface area contributed by atoms with Crippen LogP contribution >= 0.6 is 12.2 Å². The second kappa shape index (κ2) is 5.79. The van der Waals surface area contributed by atoms with Crippen molar-refractivity contribution in [2.24, 2.45) is 11.1 Å². The number of hydrogen-bond acceptors (Lipinski definition) is 3. The maximum atomic E-state index is 12.6. The molecule has 3 N–H and O–H groups in total. The second-order valence-corrected chi connectivity index (χ2v) is 5.99. The van der Waals surface area contributed by atoms with Crippen molar-refractivity contribution in [1.29, 1.82) is 0 Å². The quantitative estimate of drug-likeness (QED) is 0.837. The maximum Gasteiger partial charge on any atom is 0.237 e. The van der Waals surface area contributed by atoms with Gasteiger partial charge in [0, 0.05) is 25.5 Å². The molecule has 4 nitrogen and oxygen atoms in total. The zero-order valence-electron chi connectivity index (χ0n) is 12.0. The first kappa shape index (κ1) is 14.8. The van der Waals surface area contributed by atoms with E-state index in [1.807, 2.05) is 43.3 Å². The molecule has 1 aliphatic carbocycles. The normalized spacial score (nSPS) is 16.7. The topological polar surface area (TPSA) is 58.4 Å². The second-order valence-electron chi connectivity index (χ2n) is 5.55. The third-order valence-corrected chi connectivity index (χ3v) is 4.37. The highest BCUT2D eigenvalue weighted by molar-refractivity contribution is 7.80. The minimum atomic E-state index is -0.663. The molecule has 0 saturated heterocycles. The summed E-state index contributed by atoms with van der Waals surface area (Å²) >= 11 is 5.14. The Bertz CT molecular complexity index is 522. The molecule has 1 saturated carbocycles. The fourth-order valence-corrected chi connectivity index (χ4v) is 2.97. The summed E-state index contributed by atoms with van der Waals surface area (Å²) in [5.74, 6) is -0.0709. The first-order valence-electron chi connectivity index (χ1n) is 6.84. The molecule has 0 heterocycles. The van der Waals surface area contributed by atoms with E-state index in [0.717, 1.165) is 37.1 Å². The molecule has 0 aromatic heterocycles. The molecular formula is C15H21N3OS. The van der Waals surface area contributed by atoms with Crippen LogP contribution in [0.2, 0.25) is 0 Å². The molecular weight excluding hydrogens is 270 g/mol. The van der Waals surface area contributed by atoms with Gasteiger partial charge in [-0.05, 0) is 31.0 Å². The third kappa shape index (κ3) is 2.77. The van der Waals surface area contributed by atoms with Crippen molar-refractivity contribution < 1.29 is 4.79 Å². The lowest BCUT2D eigenvalue weighted by molar-refractivity contribution is -0.122. The minimum Gasteiger partial charge on any atom is -0.392 e. The Morgan fingerprint density at radius 3 is 2.55 bits per heavy atom. The SMILES string of the molecule is CN(C)c1cccc(NC(=O)C2(C(N)=S)CCCC2)c1. The van der Waals surface area contributed by atoms with Crippen molar-refractivity contribution in [2.75, 3.05) is 24.3 Å². The summed E-state index contributed by atoms with van der Waals surface area (Å²) in [6.07, 6.45) is 3.51. The number of nitrogens with two attached hydrogens (primary N) is 1. The summed E-state index contributed by atoms with van der Waals surface area (Å²) in [4.78, 5) is 14.9. The standard InChI is InChI=1S/C15H21N3OS/c1-18(2)12-7-5-6-11(10-12)17-14(19)15(13(16)20)8-3-4-9-15/h5-7,10H,3-4,8-9H2,1-2H3,(H2,16,20)(H,17,19). The Kier molecular flexibility index (Phi) is 4.28. The lowest BCUT2D eigenvalue weighted by Crippen LogP contribution is -2.43. The van der Waals surface area contributed by atoms with Crippen LogP contribution in [-0.4, -0.2) is 25.0 Å². The van der Waals surface area contributed by atoms with Gasteiger partial charge in [-0.15, -0.1) is 0 Å². The van der Waals surface area contributed by atoms with E-state index in [4.69, 9.17) is 18.0 Å². The smallest absolute Gasteiger partial charge is 0.237 e. The van der Waals surface area contributed by atoms with Gasteiger partial charge in [0.1, 0.15) is 0 Å². The van der Waals surface area contributed by atoms with Gasteiger partial charge in [0.2, 0.25) is 5.91 Å². The van der Waals surface area contributed by atoms with E-state index in [2.05, 4.69) is 5.32 Å². The zero-order chi connectivity index (χ0) is 14.8. The number of hydrogen-bond donors (Lipinski definition) is 2. The lowest BCUT2D eigenvalue weighted by atomic mass is 9.85. The number of nitrogens with zero attached hydrogens (tertiary/aromatic N) is 1. The molecule has 0 spiro atoms. The Morgan fingerprint density at radius 2 is 2.00 bits per heavy atom. The van der Waals surface area contributed by atoms with E-state index >= 15 is 0 Å². The molecule has 0 unspecified atom stereocenters. The molecule has 5 heteroatoms. The van der Waals surface area contributed by atoms with Gasteiger partial charge in [0.25, 0.3) is 0 Å². The molecule has 0 aliphatic heterocycles. The molecule has 1 aromatic carbocycles. The number of benzene rings is 1. The lowest BCUT2D eigenvalue weighted by Gasteiger charge is -2.26. The molecule has 0 radical (unpaired) electrons. The fourth-order valence-electron chi connectivity index (χ4n) is 2.68. The monoisotopic (exact) mass is 291 g/mol. The van der Waals surface area contributed by atoms with E-state index in [1.165, 1.54) is 0 Å². The fraction of sp³-hybridized carbons (Fsp3) is 0.467. The van der Waals surface area contributed by atoms with Crippen LogP contribution in [0.25, 0.3) is 0 Å². The first-order chi connectivity index (χ1) is 9.45. The molecule has 0 bridgehead atoms. The van der Waals surface area contributed by atoms with Gasteiger partial charge in [-0.25, -0.2) is 0 Å². The molecule has 0 atom stereocenters. The van der Waals surface area contributed by atoms with Crippen LogP contribution in [0.4, 0.5) is 11.4 Å². The number of thiocarbonyl (C=S) groups is 1. The number of amides is 1. The van der Waals surface area contributed by atoms with Gasteiger partial charge >= 0.3 is 0 Å². The van der Waals surface area contributed by atoms with Gasteiger partial charge in [-0.2, -0.15) is 0 Å². The summed E-state index contributed by atoms with van der Waals surface area (Å²) in [6.45, 7) is 0. The van der Waals surface area contributed by atoms with Crippen LogP contribution in [0.1, 0.15) is 25.7 Å². The molecule has 1 aromatic rings. The van der Waals surface area contributed by atoms with Crippen molar-refractivity contribution >= 4 is 34.5 Å². The van der Waals surface area contributed by atoms with E-state index in [9.17, 15) is 4.79 Å². The average molecular weight is 291 g/mol. The molecule has 1 aliphatic rings. The van der Waals surface area contributed by atoms with Crippen LogP contribution in [0.5, 0.6) is 0 Å². The Balaban J connectivity index is 2.19. The summed E-state index contributed by atoms with van der Waals surface area (Å²) in [6, 6.07) is 7.74. The molecule has 2 rings (SSSR count). The van der Waals surface area contributed by atoms with Crippen molar-refractivity contribution in [3.8, 4) is 0 Å². The maximum absolute atomic E-state index is 12.6. The highest BCUT2D eigenvalue weighted by Crippen LogP contribution is 2.39. The highest BCUT2D eigenvalue weighted by Gasteiger charge is 2.43. The van der Waals surface area contributed by atoms with Gasteiger partial charge < -0.3 is 16.0 Å². The summed E-state index contributed by atoms with van der Waals surface area (Å²) in [5.41, 5.74) is 6.99. The molecule has 20 heavy (non-hydrogen) atoms. The van der Waals surface area contributed by atoms with Crippen LogP contribution < -0.4 is 16.0 Å². The minimum absolute atomic E-state index is 0.0709. The molecule has 1 fully saturated rings. The van der Waals surface area contributed by atoms with Crippen molar-refractivity contribution in [3.63, 3.8) is 0 Å². The third-order valence-electron chi connectivity index (χ3n) is 3.98. The number of nitrogens with one attached hydrogen (secondary N) is 1. The predicted octanol–water partition coefficient (Wildman–Crippen LogP) is 2.54. The van der Waals surface area contributed by atoms with Crippen molar-refractivity contribution in [2.45, 2.75) is 25.7 Å². The van der Waals surface area contributed by atoms with Crippen LogP contribution in [-0.2, 0) is 4.79 Å². The van der Waals surface area contributed by atoms with E-state index < -0.39 is 5.41 Å². The van der Waals surface area contributed by atoms with Gasteiger partial charge in [0.05, 0.1) is 10.4 Å². The summed E-state index contributed by atoms with van der Waals surface area (Å²) in [7, 11) is 3.93. The van der Waals surface area contributed by atoms with Crippen molar-refractivity contribution in [3.05, 3.63) is 24.3 Å². The Hall–Kier alpha value is -1.62. The summed E-state index contributed by atoms with van der Waals surface area (Å²) in [5, 5.41) is 2.97. The van der Waals surface area contributed by atoms with Crippen LogP contribution in [0, 0.1) is 5.41 Å². The van der Waals surface area contributed by atoms with Crippen LogP contribution in [0.3, 0.4) is 0 Å². The van der Waals surface area contributed by atoms with Gasteiger partial charge in [0.15, 0.2) is 0 Å². The number of rotatable bonds is 4. The van der Waals surface area contributed by atoms with Crippen LogP contribution in [0.15, 0.2) is 24.3 Å². The Labute approximate surface area is 125 Å². The Morgan fingerprint density at radius 1 is 1.35 bits per heavy atom. The predicted molar refractivity (Wildman–Crippen MR) is 87.1 cm³/mol. The van der Waals surface area contributed by atoms with Crippen molar-refractivity contribution in [1.82, 2.24) is 0 Å². The first-order valence-corrected chi connectivity index (χ1v) is 7.25. The zero-order valence-corrected chi connectivity index (χ0v) is 12.8. The number of carbonyl (C=O) groups is 1. The van der Waals surface area contributed by atoms with E-state index in [1.54, 1.807) is 0 Å². The average Bonchev–Trinajstić information content (AvgIpc) is 2.89. The largest absolute Gasteiger partial charge is 0.392 e. The van der Waals surface area contributed by atoms with E-state index in [0.29, 0.717) is 4.99 Å². The summed E-state index contributed by atoms with van der Waals surface area (Å²) < 4.78 is 0. The number of anilines is 2. The number of carbonyl (C=O) groups excluding carboxylic acids is 1. The van der Waals surface area contributed by atoms with Gasteiger partial charge in [-0.1, -0.05) is 31.1 Å². The molecule has 108 valence electrons. The van der Waals surface area contributed by atoms with Gasteiger partial charge in [-0.3, -0.25) is 4.79 Å².